The molecule has 1 aromatic heterocycles. The number of ether oxygens (including phenoxy) is 2. The summed E-state index contributed by atoms with van der Waals surface area (Å²) in [5.74, 6) is 0.950. The summed E-state index contributed by atoms with van der Waals surface area (Å²) in [5.41, 5.74) is 8.07. The summed E-state index contributed by atoms with van der Waals surface area (Å²) in [4.78, 5) is 12.2. The lowest BCUT2D eigenvalue weighted by Crippen LogP contribution is -2.32. The number of aliphatic hydroxyl groups is 1. The van der Waals surface area contributed by atoms with Gasteiger partial charge in [0, 0.05) is 48.4 Å². The maximum Gasteiger partial charge on any atom is 0.250 e. The van der Waals surface area contributed by atoms with Crippen molar-refractivity contribution in [2.24, 2.45) is 5.73 Å². The molecule has 8 heteroatoms. The molecule has 0 spiro atoms. The summed E-state index contributed by atoms with van der Waals surface area (Å²) >= 11 is 6.10. The minimum Gasteiger partial charge on any atom is -0.488 e. The van der Waals surface area contributed by atoms with Crippen LogP contribution in [0.25, 0.3) is 10.9 Å². The Bertz CT molecular complexity index is 1140. The predicted octanol–water partition coefficient (Wildman–Crippen LogP) is 3.92. The molecule has 4 rings (SSSR count). The summed E-state index contributed by atoms with van der Waals surface area (Å²) < 4.78 is 13.8. The van der Waals surface area contributed by atoms with E-state index in [1.54, 1.807) is 12.1 Å². The molecule has 0 bridgehead atoms. The van der Waals surface area contributed by atoms with Gasteiger partial charge >= 0.3 is 0 Å². The summed E-state index contributed by atoms with van der Waals surface area (Å²) in [7, 11) is 0. The van der Waals surface area contributed by atoms with Crippen molar-refractivity contribution in [1.29, 1.82) is 0 Å². The van der Waals surface area contributed by atoms with Crippen LogP contribution in [0.4, 0.5) is 0 Å². The van der Waals surface area contributed by atoms with E-state index in [0.29, 0.717) is 48.2 Å². The number of aromatic nitrogens is 1. The van der Waals surface area contributed by atoms with Crippen LogP contribution in [-0.4, -0.2) is 47.5 Å². The Morgan fingerprint density at radius 1 is 1.26 bits per heavy atom. The molecule has 1 heterocycles. The number of halogens is 1. The highest BCUT2D eigenvalue weighted by atomic mass is 35.5. The van der Waals surface area contributed by atoms with Gasteiger partial charge in [0.25, 0.3) is 5.91 Å². The molecule has 3 aromatic rings. The van der Waals surface area contributed by atoms with Crippen molar-refractivity contribution in [2.75, 3.05) is 19.8 Å². The number of primary amides is 1. The number of aryl methyl sites for hydroxylation is 1. The quantitative estimate of drug-likeness (QED) is 0.319. The van der Waals surface area contributed by atoms with E-state index in [4.69, 9.17) is 31.9 Å². The molecule has 182 valence electrons. The molecular weight excluding hydrogens is 454 g/mol. The van der Waals surface area contributed by atoms with Crippen LogP contribution in [0.15, 0.2) is 42.6 Å². The van der Waals surface area contributed by atoms with E-state index in [1.807, 2.05) is 29.0 Å². The maximum atomic E-state index is 12.2. The number of rotatable bonds is 13. The highest BCUT2D eigenvalue weighted by Crippen LogP contribution is 2.35. The van der Waals surface area contributed by atoms with E-state index < -0.39 is 5.91 Å². The second-order valence-corrected chi connectivity index (χ2v) is 9.28. The van der Waals surface area contributed by atoms with Crippen LogP contribution < -0.4 is 20.5 Å². The van der Waals surface area contributed by atoms with Gasteiger partial charge in [-0.2, -0.15) is 0 Å². The smallest absolute Gasteiger partial charge is 0.250 e. The second kappa shape index (κ2) is 11.1. The number of carbonyl (C=O) groups is 1. The van der Waals surface area contributed by atoms with Gasteiger partial charge < -0.3 is 30.2 Å². The summed E-state index contributed by atoms with van der Waals surface area (Å²) in [6.07, 6.45) is 5.72. The number of nitrogens with two attached hydrogens (primary N) is 1. The van der Waals surface area contributed by atoms with E-state index in [-0.39, 0.29) is 18.8 Å². The second-order valence-electron chi connectivity index (χ2n) is 8.85. The van der Waals surface area contributed by atoms with E-state index in [0.717, 1.165) is 35.7 Å². The van der Waals surface area contributed by atoms with Crippen molar-refractivity contribution < 1.29 is 19.4 Å². The molecular formula is C26H32ClN3O4. The Balaban J connectivity index is 1.34. The third kappa shape index (κ3) is 6.23. The number of amides is 1. The average molecular weight is 486 g/mol. The zero-order valence-electron chi connectivity index (χ0n) is 19.4. The Kier molecular flexibility index (Phi) is 7.98. The van der Waals surface area contributed by atoms with E-state index >= 15 is 0 Å². The number of nitrogens with zero attached hydrogens (tertiary/aromatic N) is 1. The molecule has 34 heavy (non-hydrogen) atoms. The first-order valence-electron chi connectivity index (χ1n) is 11.8. The molecule has 1 atom stereocenters. The van der Waals surface area contributed by atoms with Gasteiger partial charge in [0.05, 0.1) is 17.2 Å². The molecule has 1 aliphatic carbocycles. The van der Waals surface area contributed by atoms with Gasteiger partial charge in [-0.15, -0.1) is 0 Å². The predicted molar refractivity (Wildman–Crippen MR) is 134 cm³/mol. The number of carbonyl (C=O) groups excluding carboxylic acids is 1. The number of aliphatic hydroxyl groups excluding tert-OH is 1. The molecule has 1 fully saturated rings. The molecule has 1 amide bonds. The topological polar surface area (TPSA) is 98.7 Å². The monoisotopic (exact) mass is 485 g/mol. The summed E-state index contributed by atoms with van der Waals surface area (Å²) in [6.45, 7) is 3.99. The molecule has 4 N–H and O–H groups in total. The van der Waals surface area contributed by atoms with Crippen LogP contribution in [-0.2, 0) is 13.0 Å². The first-order valence-corrected chi connectivity index (χ1v) is 12.2. The number of benzene rings is 2. The molecule has 1 saturated carbocycles. The Morgan fingerprint density at radius 2 is 2.09 bits per heavy atom. The van der Waals surface area contributed by atoms with Gasteiger partial charge in [-0.05, 0) is 68.5 Å². The van der Waals surface area contributed by atoms with E-state index in [1.165, 1.54) is 0 Å². The van der Waals surface area contributed by atoms with E-state index in [9.17, 15) is 4.79 Å². The van der Waals surface area contributed by atoms with Crippen LogP contribution in [0.3, 0.4) is 0 Å². The van der Waals surface area contributed by atoms with Gasteiger partial charge in [-0.1, -0.05) is 11.6 Å². The fourth-order valence-corrected chi connectivity index (χ4v) is 4.26. The molecule has 2 aromatic carbocycles. The largest absolute Gasteiger partial charge is 0.488 e. The number of nitrogens with one attached hydrogen (secondary N) is 1. The van der Waals surface area contributed by atoms with Crippen molar-refractivity contribution in [3.8, 4) is 11.5 Å². The summed E-state index contributed by atoms with van der Waals surface area (Å²) in [5, 5.41) is 14.2. The SMILES string of the molecule is C[C@H](Cc1cc(C(N)=O)c2c(ccn2CCCO)c1)NCCOc1ccc(Cl)cc1OC1CC1. The fraction of sp³-hybridized carbons (Fsp3) is 0.423. The first-order chi connectivity index (χ1) is 16.4. The molecule has 0 saturated heterocycles. The molecule has 1 aliphatic rings. The van der Waals surface area contributed by atoms with Gasteiger partial charge in [0.2, 0.25) is 0 Å². The van der Waals surface area contributed by atoms with Crippen molar-refractivity contribution in [2.45, 2.75) is 51.3 Å². The molecule has 0 aliphatic heterocycles. The third-order valence-electron chi connectivity index (χ3n) is 5.86. The standard InChI is InChI=1S/C26H32ClN3O4/c1-17(29-8-12-33-23-6-3-20(27)16-24(23)34-21-4-5-21)13-18-14-19-7-10-30(9-2-11-31)25(19)22(15-18)26(28)32/h3,6-7,10,14-17,21,29,31H,2,4-5,8-9,11-13H2,1H3,(H2,28,32)/t17-/m1/s1. The Morgan fingerprint density at radius 3 is 2.82 bits per heavy atom. The first kappa shape index (κ1) is 24.4. The molecule has 0 unspecified atom stereocenters. The Hall–Kier alpha value is -2.74. The zero-order valence-corrected chi connectivity index (χ0v) is 20.2. The summed E-state index contributed by atoms with van der Waals surface area (Å²) in [6, 6.07) is 11.6. The number of hydrogen-bond acceptors (Lipinski definition) is 5. The average Bonchev–Trinajstić information content (AvgIpc) is 3.53. The van der Waals surface area contributed by atoms with Crippen LogP contribution >= 0.6 is 11.6 Å². The third-order valence-corrected chi connectivity index (χ3v) is 6.10. The minimum atomic E-state index is -0.447. The molecule has 7 nitrogen and oxygen atoms in total. The highest BCUT2D eigenvalue weighted by Gasteiger charge is 2.25. The minimum absolute atomic E-state index is 0.101. The lowest BCUT2D eigenvalue weighted by Gasteiger charge is -2.17. The van der Waals surface area contributed by atoms with Gasteiger partial charge in [-0.3, -0.25) is 4.79 Å². The zero-order chi connectivity index (χ0) is 24.1. The van der Waals surface area contributed by atoms with Crippen LogP contribution in [0.2, 0.25) is 5.02 Å². The van der Waals surface area contributed by atoms with Crippen LogP contribution in [0.1, 0.15) is 42.1 Å². The van der Waals surface area contributed by atoms with Gasteiger partial charge in [0.15, 0.2) is 11.5 Å². The lowest BCUT2D eigenvalue weighted by molar-refractivity contribution is 0.100. The lowest BCUT2D eigenvalue weighted by atomic mass is 10.0. The highest BCUT2D eigenvalue weighted by molar-refractivity contribution is 6.30. The van der Waals surface area contributed by atoms with Crippen molar-refractivity contribution in [1.82, 2.24) is 9.88 Å². The van der Waals surface area contributed by atoms with Crippen molar-refractivity contribution in [3.63, 3.8) is 0 Å². The number of fused-ring (bicyclic) bond motifs is 1. The Labute approximate surface area is 204 Å². The van der Waals surface area contributed by atoms with Crippen molar-refractivity contribution >= 4 is 28.4 Å². The van der Waals surface area contributed by atoms with Crippen molar-refractivity contribution in [3.05, 3.63) is 58.7 Å². The normalized spacial score (nSPS) is 14.3. The fourth-order valence-electron chi connectivity index (χ4n) is 4.10. The van der Waals surface area contributed by atoms with E-state index in [2.05, 4.69) is 18.3 Å². The van der Waals surface area contributed by atoms with Gasteiger partial charge in [0.1, 0.15) is 6.61 Å². The maximum absolute atomic E-state index is 12.2. The van der Waals surface area contributed by atoms with Gasteiger partial charge in [-0.25, -0.2) is 0 Å². The number of hydrogen-bond donors (Lipinski definition) is 3. The molecule has 0 radical (unpaired) electrons. The van der Waals surface area contributed by atoms with Crippen LogP contribution in [0.5, 0.6) is 11.5 Å². The van der Waals surface area contributed by atoms with Crippen LogP contribution in [0, 0.1) is 0 Å².